The van der Waals surface area contributed by atoms with Crippen molar-refractivity contribution in [2.45, 2.75) is 38.3 Å². The molecule has 0 spiro atoms. The topological polar surface area (TPSA) is 38.7 Å². The van der Waals surface area contributed by atoms with E-state index in [1.165, 1.54) is 32.4 Å². The second kappa shape index (κ2) is 6.69. The average molecular weight is 241 g/mol. The minimum atomic E-state index is -0.218. The first-order chi connectivity index (χ1) is 8.29. The Morgan fingerprint density at radius 1 is 1.29 bits per heavy atom. The van der Waals surface area contributed by atoms with E-state index in [4.69, 9.17) is 0 Å². The molecule has 0 saturated carbocycles. The number of piperidine rings is 1. The first-order valence-electron chi connectivity index (χ1n) is 7.14. The van der Waals surface area contributed by atoms with Crippen molar-refractivity contribution >= 4 is 0 Å². The van der Waals surface area contributed by atoms with Gasteiger partial charge in [-0.05, 0) is 25.9 Å². The first kappa shape index (κ1) is 13.3. The highest BCUT2D eigenvalue weighted by Gasteiger charge is 2.29. The number of β-amino-alcohol motifs (C(OH)–C–C–N with tert-alkyl or cyclic N) is 1. The number of hydrogen-bond donors (Lipinski definition) is 2. The van der Waals surface area contributed by atoms with Crippen LogP contribution in [0.3, 0.4) is 0 Å². The number of likely N-dealkylation sites (N-methyl/N-ethyl adjacent to an activating group) is 1. The second-order valence-corrected chi connectivity index (χ2v) is 5.41. The molecule has 2 N–H and O–H groups in total. The van der Waals surface area contributed by atoms with Gasteiger partial charge < -0.3 is 10.4 Å². The summed E-state index contributed by atoms with van der Waals surface area (Å²) in [6.45, 7) is 9.33. The van der Waals surface area contributed by atoms with E-state index in [9.17, 15) is 5.11 Å². The number of piperazine rings is 1. The Morgan fingerprint density at radius 3 is 3.00 bits per heavy atom. The average Bonchev–Trinajstić information content (AvgIpc) is 2.36. The lowest BCUT2D eigenvalue weighted by atomic mass is 9.99. The Balaban J connectivity index is 1.71. The summed E-state index contributed by atoms with van der Waals surface area (Å²) in [5.74, 6) is 0. The van der Waals surface area contributed by atoms with Crippen molar-refractivity contribution in [3.8, 4) is 0 Å². The first-order valence-corrected chi connectivity index (χ1v) is 7.14. The van der Waals surface area contributed by atoms with E-state index in [1.807, 2.05) is 0 Å². The SMILES string of the molecule is CCNCC(O)CN1CCN2CCCCC2C1. The van der Waals surface area contributed by atoms with Gasteiger partial charge in [-0.15, -0.1) is 0 Å². The molecule has 0 aromatic carbocycles. The Kier molecular flexibility index (Phi) is 5.22. The molecule has 2 aliphatic rings. The summed E-state index contributed by atoms with van der Waals surface area (Å²) < 4.78 is 0. The number of nitrogens with zero attached hydrogens (tertiary/aromatic N) is 2. The summed E-state index contributed by atoms with van der Waals surface area (Å²) in [6, 6.07) is 0.754. The van der Waals surface area contributed by atoms with Crippen molar-refractivity contribution in [1.29, 1.82) is 0 Å². The van der Waals surface area contributed by atoms with Crippen molar-refractivity contribution in [2.75, 3.05) is 45.8 Å². The molecule has 2 atom stereocenters. The van der Waals surface area contributed by atoms with Gasteiger partial charge in [0.15, 0.2) is 0 Å². The molecule has 0 aliphatic carbocycles. The minimum Gasteiger partial charge on any atom is -0.390 e. The molecular weight excluding hydrogens is 214 g/mol. The van der Waals surface area contributed by atoms with Gasteiger partial charge in [-0.2, -0.15) is 0 Å². The van der Waals surface area contributed by atoms with E-state index in [0.29, 0.717) is 0 Å². The second-order valence-electron chi connectivity index (χ2n) is 5.41. The van der Waals surface area contributed by atoms with Crippen LogP contribution in [-0.2, 0) is 0 Å². The molecule has 4 nitrogen and oxygen atoms in total. The van der Waals surface area contributed by atoms with Crippen LogP contribution in [0.15, 0.2) is 0 Å². The molecule has 0 aromatic heterocycles. The zero-order valence-electron chi connectivity index (χ0n) is 11.1. The summed E-state index contributed by atoms with van der Waals surface area (Å²) >= 11 is 0. The molecule has 0 aromatic rings. The molecule has 0 radical (unpaired) electrons. The quantitative estimate of drug-likeness (QED) is 0.717. The van der Waals surface area contributed by atoms with Gasteiger partial charge in [0.1, 0.15) is 0 Å². The Labute approximate surface area is 105 Å². The summed E-state index contributed by atoms with van der Waals surface area (Å²) in [5, 5.41) is 13.1. The lowest BCUT2D eigenvalue weighted by Crippen LogP contribution is -2.56. The van der Waals surface area contributed by atoms with Crippen molar-refractivity contribution < 1.29 is 5.11 Å². The molecule has 17 heavy (non-hydrogen) atoms. The summed E-state index contributed by atoms with van der Waals surface area (Å²) in [6.07, 6.45) is 3.89. The van der Waals surface area contributed by atoms with Crippen LogP contribution in [0.1, 0.15) is 26.2 Å². The van der Waals surface area contributed by atoms with E-state index in [0.717, 1.165) is 38.8 Å². The van der Waals surface area contributed by atoms with Gasteiger partial charge in [0.05, 0.1) is 6.10 Å². The molecule has 0 bridgehead atoms. The fraction of sp³-hybridized carbons (Fsp3) is 1.00. The molecule has 4 heteroatoms. The molecule has 2 unspecified atom stereocenters. The zero-order chi connectivity index (χ0) is 12.1. The number of rotatable bonds is 5. The van der Waals surface area contributed by atoms with Gasteiger partial charge in [-0.25, -0.2) is 0 Å². The zero-order valence-corrected chi connectivity index (χ0v) is 11.1. The number of hydrogen-bond acceptors (Lipinski definition) is 4. The standard InChI is InChI=1S/C13H27N3O/c1-2-14-9-13(17)11-15-7-8-16-6-4-3-5-12(16)10-15/h12-14,17H,2-11H2,1H3. The highest BCUT2D eigenvalue weighted by molar-refractivity contribution is 4.85. The minimum absolute atomic E-state index is 0.218. The number of nitrogens with one attached hydrogen (secondary N) is 1. The van der Waals surface area contributed by atoms with Crippen molar-refractivity contribution in [1.82, 2.24) is 15.1 Å². The van der Waals surface area contributed by atoms with Crippen LogP contribution in [0.25, 0.3) is 0 Å². The third-order valence-electron chi connectivity index (χ3n) is 4.02. The maximum Gasteiger partial charge on any atom is 0.0791 e. The normalized spacial score (nSPS) is 28.9. The van der Waals surface area contributed by atoms with E-state index in [2.05, 4.69) is 22.0 Å². The van der Waals surface area contributed by atoms with E-state index in [1.54, 1.807) is 0 Å². The predicted molar refractivity (Wildman–Crippen MR) is 70.2 cm³/mol. The Hall–Kier alpha value is -0.160. The molecule has 2 rings (SSSR count). The van der Waals surface area contributed by atoms with E-state index in [-0.39, 0.29) is 6.10 Å². The monoisotopic (exact) mass is 241 g/mol. The third-order valence-corrected chi connectivity index (χ3v) is 4.02. The molecule has 100 valence electrons. The fourth-order valence-electron chi connectivity index (χ4n) is 3.06. The lowest BCUT2D eigenvalue weighted by molar-refractivity contribution is 0.0241. The molecule has 2 aliphatic heterocycles. The van der Waals surface area contributed by atoms with Crippen molar-refractivity contribution in [3.63, 3.8) is 0 Å². The van der Waals surface area contributed by atoms with Crippen molar-refractivity contribution in [2.24, 2.45) is 0 Å². The van der Waals surface area contributed by atoms with Crippen molar-refractivity contribution in [3.05, 3.63) is 0 Å². The van der Waals surface area contributed by atoms with Gasteiger partial charge in [-0.3, -0.25) is 9.80 Å². The summed E-state index contributed by atoms with van der Waals surface area (Å²) in [4.78, 5) is 5.07. The Morgan fingerprint density at radius 2 is 2.18 bits per heavy atom. The predicted octanol–water partition coefficient (Wildman–Crippen LogP) is 0.127. The molecule has 2 heterocycles. The maximum absolute atomic E-state index is 9.91. The highest BCUT2D eigenvalue weighted by atomic mass is 16.3. The molecule has 2 fully saturated rings. The largest absolute Gasteiger partial charge is 0.390 e. The Bertz CT molecular complexity index is 225. The maximum atomic E-state index is 9.91. The smallest absolute Gasteiger partial charge is 0.0791 e. The third kappa shape index (κ3) is 3.91. The van der Waals surface area contributed by atoms with Crippen LogP contribution in [0.5, 0.6) is 0 Å². The highest BCUT2D eigenvalue weighted by Crippen LogP contribution is 2.20. The van der Waals surface area contributed by atoms with Crippen LogP contribution < -0.4 is 5.32 Å². The van der Waals surface area contributed by atoms with Gasteiger partial charge in [-0.1, -0.05) is 13.3 Å². The summed E-state index contributed by atoms with van der Waals surface area (Å²) in [7, 11) is 0. The van der Waals surface area contributed by atoms with Crippen LogP contribution in [-0.4, -0.2) is 72.9 Å². The lowest BCUT2D eigenvalue weighted by Gasteiger charge is -2.44. The van der Waals surface area contributed by atoms with E-state index < -0.39 is 0 Å². The molecule has 0 amide bonds. The molecule has 2 saturated heterocycles. The van der Waals surface area contributed by atoms with Gasteiger partial charge in [0, 0.05) is 38.8 Å². The van der Waals surface area contributed by atoms with Crippen LogP contribution >= 0.6 is 0 Å². The van der Waals surface area contributed by atoms with Gasteiger partial charge >= 0.3 is 0 Å². The summed E-state index contributed by atoms with van der Waals surface area (Å²) in [5.41, 5.74) is 0. The van der Waals surface area contributed by atoms with Crippen LogP contribution in [0.2, 0.25) is 0 Å². The molecular formula is C13H27N3O. The van der Waals surface area contributed by atoms with Gasteiger partial charge in [0.25, 0.3) is 0 Å². The van der Waals surface area contributed by atoms with E-state index >= 15 is 0 Å². The number of aliphatic hydroxyl groups is 1. The van der Waals surface area contributed by atoms with Crippen LogP contribution in [0.4, 0.5) is 0 Å². The van der Waals surface area contributed by atoms with Crippen LogP contribution in [0, 0.1) is 0 Å². The van der Waals surface area contributed by atoms with Gasteiger partial charge in [0.2, 0.25) is 0 Å². The number of aliphatic hydroxyl groups excluding tert-OH is 1. The fourth-order valence-corrected chi connectivity index (χ4v) is 3.06. The number of fused-ring (bicyclic) bond motifs is 1.